The van der Waals surface area contributed by atoms with Crippen LogP contribution in [-0.4, -0.2) is 48.1 Å². The fourth-order valence-corrected chi connectivity index (χ4v) is 4.20. The standard InChI is InChI=1S/C24H28N2O5/c1-4-30-24(28)18-6-5-11-25(15-18)23(27)21-13-22-20(12-16(2)31-22)26(21)14-17-7-9-19(29-3)10-8-17/h7-10,12-13,18H,4-6,11,14-15H2,1-3H3. The molecule has 3 aromatic rings. The van der Waals surface area contributed by atoms with Gasteiger partial charge in [-0.3, -0.25) is 9.59 Å². The average molecular weight is 424 g/mol. The van der Waals surface area contributed by atoms with Gasteiger partial charge in [0.25, 0.3) is 5.91 Å². The molecule has 1 amide bonds. The zero-order valence-electron chi connectivity index (χ0n) is 18.2. The number of rotatable bonds is 6. The summed E-state index contributed by atoms with van der Waals surface area (Å²) in [7, 11) is 1.64. The van der Waals surface area contributed by atoms with Gasteiger partial charge in [-0.2, -0.15) is 0 Å². The highest BCUT2D eigenvalue weighted by Gasteiger charge is 2.31. The lowest BCUT2D eigenvalue weighted by Gasteiger charge is -2.31. The van der Waals surface area contributed by atoms with E-state index in [1.807, 2.05) is 47.9 Å². The first-order chi connectivity index (χ1) is 15.0. The number of ether oxygens (including phenoxy) is 2. The number of carbonyl (C=O) groups is 2. The molecule has 1 fully saturated rings. The van der Waals surface area contributed by atoms with Crippen molar-refractivity contribution >= 4 is 23.0 Å². The minimum Gasteiger partial charge on any atom is -0.497 e. The van der Waals surface area contributed by atoms with Gasteiger partial charge in [0.1, 0.15) is 17.2 Å². The molecule has 0 bridgehead atoms. The smallest absolute Gasteiger partial charge is 0.310 e. The van der Waals surface area contributed by atoms with E-state index in [2.05, 4.69) is 0 Å². The fraction of sp³-hybridized carbons (Fsp3) is 0.417. The molecule has 7 nitrogen and oxygen atoms in total. The predicted octanol–water partition coefficient (Wildman–Crippen LogP) is 4.01. The van der Waals surface area contributed by atoms with Crippen molar-refractivity contribution in [3.05, 3.63) is 53.4 Å². The number of aryl methyl sites for hydroxylation is 1. The van der Waals surface area contributed by atoms with E-state index in [1.165, 1.54) is 0 Å². The molecule has 31 heavy (non-hydrogen) atoms. The highest BCUT2D eigenvalue weighted by atomic mass is 16.5. The van der Waals surface area contributed by atoms with Gasteiger partial charge in [-0.15, -0.1) is 0 Å². The summed E-state index contributed by atoms with van der Waals surface area (Å²) in [6.07, 6.45) is 1.53. The maximum absolute atomic E-state index is 13.5. The van der Waals surface area contributed by atoms with Gasteiger partial charge < -0.3 is 23.4 Å². The van der Waals surface area contributed by atoms with Crippen LogP contribution >= 0.6 is 0 Å². The molecule has 7 heteroatoms. The Hall–Kier alpha value is -3.22. The highest BCUT2D eigenvalue weighted by molar-refractivity contribution is 5.98. The molecule has 2 aromatic heterocycles. The van der Waals surface area contributed by atoms with Crippen LogP contribution < -0.4 is 4.74 Å². The summed E-state index contributed by atoms with van der Waals surface area (Å²) < 4.78 is 18.2. The van der Waals surface area contributed by atoms with Crippen LogP contribution in [0.25, 0.3) is 11.1 Å². The molecule has 0 saturated carbocycles. The fourth-order valence-electron chi connectivity index (χ4n) is 4.20. The quantitative estimate of drug-likeness (QED) is 0.559. The molecular weight excluding hydrogens is 396 g/mol. The van der Waals surface area contributed by atoms with Gasteiger partial charge >= 0.3 is 5.97 Å². The van der Waals surface area contributed by atoms with Gasteiger partial charge in [-0.25, -0.2) is 0 Å². The summed E-state index contributed by atoms with van der Waals surface area (Å²) >= 11 is 0. The molecule has 0 radical (unpaired) electrons. The number of nitrogens with zero attached hydrogens (tertiary/aromatic N) is 2. The lowest BCUT2D eigenvalue weighted by molar-refractivity contribution is -0.149. The van der Waals surface area contributed by atoms with Crippen molar-refractivity contribution in [1.29, 1.82) is 0 Å². The van der Waals surface area contributed by atoms with E-state index in [0.29, 0.717) is 37.5 Å². The van der Waals surface area contributed by atoms with Crippen molar-refractivity contribution in [3.8, 4) is 5.75 Å². The topological polar surface area (TPSA) is 73.9 Å². The second-order valence-corrected chi connectivity index (χ2v) is 7.91. The summed E-state index contributed by atoms with van der Waals surface area (Å²) in [5, 5.41) is 0. The molecular formula is C24H28N2O5. The maximum atomic E-state index is 13.5. The first kappa shape index (κ1) is 21.0. The summed E-state index contributed by atoms with van der Waals surface area (Å²) in [6, 6.07) is 11.6. The summed E-state index contributed by atoms with van der Waals surface area (Å²) in [6.45, 7) is 5.58. The van der Waals surface area contributed by atoms with Crippen molar-refractivity contribution in [3.63, 3.8) is 0 Å². The number of esters is 1. The lowest BCUT2D eigenvalue weighted by Crippen LogP contribution is -2.43. The Bertz CT molecular complexity index is 1080. The minimum absolute atomic E-state index is 0.0911. The van der Waals surface area contributed by atoms with Crippen LogP contribution in [0, 0.1) is 12.8 Å². The summed E-state index contributed by atoms with van der Waals surface area (Å²) in [5.41, 5.74) is 3.19. The Balaban J connectivity index is 1.63. The number of benzene rings is 1. The van der Waals surface area contributed by atoms with Crippen molar-refractivity contribution in [2.45, 2.75) is 33.2 Å². The van der Waals surface area contributed by atoms with Crippen LogP contribution in [0.2, 0.25) is 0 Å². The van der Waals surface area contributed by atoms with Crippen LogP contribution in [0.5, 0.6) is 5.75 Å². The van der Waals surface area contributed by atoms with Crippen molar-refractivity contribution < 1.29 is 23.5 Å². The van der Waals surface area contributed by atoms with Crippen LogP contribution in [0.1, 0.15) is 41.6 Å². The van der Waals surface area contributed by atoms with E-state index in [9.17, 15) is 9.59 Å². The first-order valence-electron chi connectivity index (χ1n) is 10.7. The van der Waals surface area contributed by atoms with Crippen LogP contribution in [-0.2, 0) is 16.1 Å². The largest absolute Gasteiger partial charge is 0.497 e. The third-order valence-corrected chi connectivity index (χ3v) is 5.76. The van der Waals surface area contributed by atoms with Crippen LogP contribution in [0.3, 0.4) is 0 Å². The SMILES string of the molecule is CCOC(=O)C1CCCN(C(=O)c2cc3oc(C)cc3n2Cc2ccc(OC)cc2)C1. The highest BCUT2D eigenvalue weighted by Crippen LogP contribution is 2.28. The molecule has 1 saturated heterocycles. The van der Waals surface area contributed by atoms with Crippen LogP contribution in [0.15, 0.2) is 40.8 Å². The number of piperidine rings is 1. The van der Waals surface area contributed by atoms with Gasteiger partial charge in [0.15, 0.2) is 5.58 Å². The predicted molar refractivity (Wildman–Crippen MR) is 116 cm³/mol. The minimum atomic E-state index is -0.270. The molecule has 0 spiro atoms. The molecule has 3 heterocycles. The maximum Gasteiger partial charge on any atom is 0.310 e. The van der Waals surface area contributed by atoms with E-state index in [-0.39, 0.29) is 17.8 Å². The number of amides is 1. The van der Waals surface area contributed by atoms with E-state index < -0.39 is 0 Å². The van der Waals surface area contributed by atoms with Gasteiger partial charge in [0.2, 0.25) is 0 Å². The number of methoxy groups -OCH3 is 1. The molecule has 1 aliphatic heterocycles. The first-order valence-corrected chi connectivity index (χ1v) is 10.7. The number of furan rings is 1. The Morgan fingerprint density at radius 1 is 1.19 bits per heavy atom. The molecule has 1 atom stereocenters. The summed E-state index contributed by atoms with van der Waals surface area (Å²) in [4.78, 5) is 27.5. The third-order valence-electron chi connectivity index (χ3n) is 5.76. The number of hydrogen-bond donors (Lipinski definition) is 0. The van der Waals surface area contributed by atoms with E-state index in [4.69, 9.17) is 13.9 Å². The molecule has 1 unspecified atom stereocenters. The number of fused-ring (bicyclic) bond motifs is 1. The molecule has 4 rings (SSSR count). The monoisotopic (exact) mass is 424 g/mol. The Kier molecular flexibility index (Phi) is 6.02. The summed E-state index contributed by atoms with van der Waals surface area (Å²) in [5.74, 6) is 1.00. The van der Waals surface area contributed by atoms with Crippen molar-refractivity contribution in [1.82, 2.24) is 9.47 Å². The second kappa shape index (κ2) is 8.88. The van der Waals surface area contributed by atoms with Gasteiger partial charge in [-0.05, 0) is 44.4 Å². The van der Waals surface area contributed by atoms with Gasteiger partial charge in [0.05, 0.1) is 25.2 Å². The van der Waals surface area contributed by atoms with E-state index in [0.717, 1.165) is 35.4 Å². The van der Waals surface area contributed by atoms with E-state index >= 15 is 0 Å². The molecule has 0 aliphatic carbocycles. The third kappa shape index (κ3) is 4.31. The van der Waals surface area contributed by atoms with Crippen molar-refractivity contribution in [2.24, 2.45) is 5.92 Å². The van der Waals surface area contributed by atoms with Crippen molar-refractivity contribution in [2.75, 3.05) is 26.8 Å². The zero-order chi connectivity index (χ0) is 22.0. The van der Waals surface area contributed by atoms with Crippen LogP contribution in [0.4, 0.5) is 0 Å². The number of aromatic nitrogens is 1. The van der Waals surface area contributed by atoms with Gasteiger partial charge in [0, 0.05) is 31.8 Å². The second-order valence-electron chi connectivity index (χ2n) is 7.91. The number of carbonyl (C=O) groups excluding carboxylic acids is 2. The molecule has 0 N–H and O–H groups in total. The average Bonchev–Trinajstić information content (AvgIpc) is 3.30. The molecule has 1 aromatic carbocycles. The number of hydrogen-bond acceptors (Lipinski definition) is 5. The van der Waals surface area contributed by atoms with E-state index in [1.54, 1.807) is 18.9 Å². The molecule has 164 valence electrons. The van der Waals surface area contributed by atoms with Gasteiger partial charge in [-0.1, -0.05) is 12.1 Å². The Morgan fingerprint density at radius 2 is 1.97 bits per heavy atom. The Labute approximate surface area is 181 Å². The molecule has 1 aliphatic rings. The zero-order valence-corrected chi connectivity index (χ0v) is 18.2. The normalized spacial score (nSPS) is 16.5. The number of likely N-dealkylation sites (tertiary alicyclic amines) is 1. The lowest BCUT2D eigenvalue weighted by atomic mass is 9.98. The Morgan fingerprint density at radius 3 is 2.68 bits per heavy atom.